The van der Waals surface area contributed by atoms with E-state index in [9.17, 15) is 0 Å². The number of nitrogens with zero attached hydrogens (tertiary/aromatic N) is 7. The average molecular weight is 449 g/mol. The summed E-state index contributed by atoms with van der Waals surface area (Å²) < 4.78 is 11.4. The molecule has 0 bridgehead atoms. The van der Waals surface area contributed by atoms with E-state index in [-0.39, 0.29) is 5.28 Å². The van der Waals surface area contributed by atoms with Crippen molar-refractivity contribution in [2.45, 2.75) is 0 Å². The van der Waals surface area contributed by atoms with Gasteiger partial charge in [-0.05, 0) is 11.6 Å². The smallest absolute Gasteiger partial charge is 0.230 e. The quantitative estimate of drug-likeness (QED) is 0.385. The summed E-state index contributed by atoms with van der Waals surface area (Å²) in [4.78, 5) is 19.3. The highest BCUT2D eigenvalue weighted by molar-refractivity contribution is 6.28. The normalized spacial score (nSPS) is 10.4. The molecule has 0 saturated heterocycles. The van der Waals surface area contributed by atoms with E-state index in [4.69, 9.17) is 32.5 Å². The van der Waals surface area contributed by atoms with E-state index in [1.807, 2.05) is 7.05 Å². The van der Waals surface area contributed by atoms with Crippen LogP contribution >= 0.6 is 11.6 Å². The van der Waals surface area contributed by atoms with E-state index in [0.717, 1.165) is 0 Å². The number of anilines is 2. The Labute approximate surface area is 185 Å². The van der Waals surface area contributed by atoms with Gasteiger partial charge in [-0.25, -0.2) is 9.97 Å². The van der Waals surface area contributed by atoms with Crippen molar-refractivity contribution < 1.29 is 9.47 Å². The van der Waals surface area contributed by atoms with Gasteiger partial charge in [-0.15, -0.1) is 0 Å². The molecule has 0 aliphatic carbocycles. The predicted octanol–water partition coefficient (Wildman–Crippen LogP) is 1.54. The van der Waals surface area contributed by atoms with Crippen LogP contribution in [-0.4, -0.2) is 57.2 Å². The van der Waals surface area contributed by atoms with Crippen molar-refractivity contribution in [1.82, 2.24) is 29.7 Å². The lowest BCUT2D eigenvalue weighted by atomic mass is 10.5. The van der Waals surface area contributed by atoms with Gasteiger partial charge in [0.1, 0.15) is 0 Å². The highest BCUT2D eigenvalue weighted by Crippen LogP contribution is 2.08. The molecule has 0 fully saturated rings. The molecule has 166 valence electrons. The van der Waals surface area contributed by atoms with E-state index >= 15 is 0 Å². The summed E-state index contributed by atoms with van der Waals surface area (Å²) >= 11 is 5.42. The second-order valence-electron chi connectivity index (χ2n) is 5.37. The molecule has 0 aliphatic heterocycles. The van der Waals surface area contributed by atoms with Crippen molar-refractivity contribution in [3.63, 3.8) is 0 Å². The number of aromatic nitrogens is 6. The molecule has 0 saturated carbocycles. The number of hydrogen-bond donors (Lipinski definition) is 3. The maximum atomic E-state index is 5.42. The molecule has 3 rings (SSSR count). The second kappa shape index (κ2) is 14.1. The number of nitrogens with two attached hydrogens (primary N) is 2. The fraction of sp³-hybridized carbons (Fsp3) is 0.222. The number of aryl methyl sites for hydroxylation is 1. The number of halogens is 1. The van der Waals surface area contributed by atoms with Gasteiger partial charge in [0, 0.05) is 57.2 Å². The Kier molecular flexibility index (Phi) is 11.4. The number of ether oxygens (including phenoxy) is 2. The SMILES string of the molecule is CN=CC(=CN)Nc1nccc(OC)n1.COc1ccnc(Cl)n1.Cn1cc(N)cn1. The summed E-state index contributed by atoms with van der Waals surface area (Å²) in [7, 11) is 6.55. The number of allylic oxidation sites excluding steroid dienone is 1. The third-order valence-electron chi connectivity index (χ3n) is 3.08. The molecule has 3 aromatic rings. The maximum absolute atomic E-state index is 5.42. The topological polar surface area (TPSA) is 164 Å². The van der Waals surface area contributed by atoms with Crippen molar-refractivity contribution in [1.29, 1.82) is 0 Å². The molecular weight excluding hydrogens is 424 g/mol. The largest absolute Gasteiger partial charge is 0.481 e. The molecule has 3 heterocycles. The molecule has 5 N–H and O–H groups in total. The van der Waals surface area contributed by atoms with Gasteiger partial charge in [0.25, 0.3) is 0 Å². The molecule has 12 nitrogen and oxygen atoms in total. The van der Waals surface area contributed by atoms with Gasteiger partial charge in [0.05, 0.1) is 31.8 Å². The molecule has 0 aliphatic rings. The van der Waals surface area contributed by atoms with E-state index in [0.29, 0.717) is 29.1 Å². The van der Waals surface area contributed by atoms with Crippen molar-refractivity contribution in [2.24, 2.45) is 17.8 Å². The van der Waals surface area contributed by atoms with Crippen LogP contribution in [0.15, 0.2) is 53.8 Å². The third-order valence-corrected chi connectivity index (χ3v) is 3.26. The summed E-state index contributed by atoms with van der Waals surface area (Å²) in [6.07, 6.45) is 9.44. The van der Waals surface area contributed by atoms with Crippen molar-refractivity contribution in [2.75, 3.05) is 32.3 Å². The first-order valence-corrected chi connectivity index (χ1v) is 9.04. The minimum Gasteiger partial charge on any atom is -0.481 e. The summed E-state index contributed by atoms with van der Waals surface area (Å²) in [6.45, 7) is 0. The Morgan fingerprint density at radius 3 is 2.23 bits per heavy atom. The Morgan fingerprint density at radius 1 is 1.16 bits per heavy atom. The molecule has 0 aromatic carbocycles. The van der Waals surface area contributed by atoms with Gasteiger partial charge in [-0.1, -0.05) is 0 Å². The Bertz CT molecular complexity index is 961. The highest BCUT2D eigenvalue weighted by atomic mass is 35.5. The molecule has 13 heteroatoms. The monoisotopic (exact) mass is 448 g/mol. The van der Waals surface area contributed by atoms with Crippen LogP contribution in [0.4, 0.5) is 11.6 Å². The molecule has 31 heavy (non-hydrogen) atoms. The van der Waals surface area contributed by atoms with Gasteiger partial charge in [0.15, 0.2) is 0 Å². The maximum Gasteiger partial charge on any atom is 0.230 e. The second-order valence-corrected chi connectivity index (χ2v) is 5.71. The minimum atomic E-state index is 0.203. The zero-order valence-electron chi connectivity index (χ0n) is 17.6. The van der Waals surface area contributed by atoms with Crippen molar-refractivity contribution in [3.8, 4) is 11.8 Å². The lowest BCUT2D eigenvalue weighted by molar-refractivity contribution is 0.397. The van der Waals surface area contributed by atoms with Gasteiger partial charge in [-0.3, -0.25) is 9.67 Å². The van der Waals surface area contributed by atoms with Gasteiger partial charge >= 0.3 is 0 Å². The zero-order chi connectivity index (χ0) is 23.1. The van der Waals surface area contributed by atoms with E-state index in [1.165, 1.54) is 19.5 Å². The van der Waals surface area contributed by atoms with Crippen LogP contribution in [0.1, 0.15) is 0 Å². The summed E-state index contributed by atoms with van der Waals surface area (Å²) in [5.41, 5.74) is 12.0. The van der Waals surface area contributed by atoms with Gasteiger partial charge in [-0.2, -0.15) is 15.1 Å². The first-order chi connectivity index (χ1) is 14.9. The van der Waals surface area contributed by atoms with Crippen LogP contribution in [0, 0.1) is 0 Å². The van der Waals surface area contributed by atoms with Gasteiger partial charge < -0.3 is 26.3 Å². The van der Waals surface area contributed by atoms with E-state index in [1.54, 1.807) is 55.8 Å². The van der Waals surface area contributed by atoms with Crippen LogP contribution in [0.5, 0.6) is 11.8 Å². The number of nitrogen functional groups attached to an aromatic ring is 1. The summed E-state index contributed by atoms with van der Waals surface area (Å²) in [5.74, 6) is 1.37. The van der Waals surface area contributed by atoms with Crippen molar-refractivity contribution in [3.05, 3.63) is 54.1 Å². The average Bonchev–Trinajstić information content (AvgIpc) is 3.16. The molecule has 0 radical (unpaired) electrons. The minimum absolute atomic E-state index is 0.203. The fourth-order valence-corrected chi connectivity index (χ4v) is 1.91. The molecule has 0 unspecified atom stereocenters. The number of aliphatic imine (C=N–C) groups is 1. The van der Waals surface area contributed by atoms with Crippen LogP contribution in [0.3, 0.4) is 0 Å². The molecule has 0 atom stereocenters. The van der Waals surface area contributed by atoms with Gasteiger partial charge in [0.2, 0.25) is 23.0 Å². The Hall–Kier alpha value is -3.93. The summed E-state index contributed by atoms with van der Waals surface area (Å²) in [6, 6.07) is 3.29. The summed E-state index contributed by atoms with van der Waals surface area (Å²) in [5, 5.41) is 6.90. The number of hydrogen-bond acceptors (Lipinski definition) is 11. The highest BCUT2D eigenvalue weighted by Gasteiger charge is 1.99. The van der Waals surface area contributed by atoms with Crippen LogP contribution < -0.4 is 26.3 Å². The molecule has 0 spiro atoms. The van der Waals surface area contributed by atoms with Crippen LogP contribution in [0.25, 0.3) is 0 Å². The molecular formula is C18H25ClN10O2. The third kappa shape index (κ3) is 10.4. The Balaban J connectivity index is 0.000000254. The number of rotatable bonds is 5. The Morgan fingerprint density at radius 2 is 1.81 bits per heavy atom. The lowest BCUT2D eigenvalue weighted by Gasteiger charge is -2.04. The zero-order valence-corrected chi connectivity index (χ0v) is 18.4. The number of nitrogens with one attached hydrogen (secondary N) is 1. The lowest BCUT2D eigenvalue weighted by Crippen LogP contribution is -2.07. The first kappa shape index (κ1) is 25.1. The van der Waals surface area contributed by atoms with Crippen molar-refractivity contribution >= 4 is 29.5 Å². The number of methoxy groups -OCH3 is 2. The van der Waals surface area contributed by atoms with Crippen LogP contribution in [-0.2, 0) is 7.05 Å². The van der Waals surface area contributed by atoms with Crippen LogP contribution in [0.2, 0.25) is 5.28 Å². The standard InChI is InChI=1S/C9H13N5O.C5H5ClN2O.C4H7N3/c1-11-6-7(5-10)13-9-12-4-3-8(14-9)15-2;1-9-4-2-3-7-5(6)8-4;1-7-3-4(5)2-6-7/h3-6H,10H2,1-2H3,(H,12,13,14);2-3H,1H3;2-3H,5H2,1H3. The molecule has 3 aromatic heterocycles. The first-order valence-electron chi connectivity index (χ1n) is 8.66. The fourth-order valence-electron chi connectivity index (χ4n) is 1.77. The van der Waals surface area contributed by atoms with E-state index in [2.05, 4.69) is 35.3 Å². The molecule has 0 amide bonds. The van der Waals surface area contributed by atoms with E-state index < -0.39 is 0 Å². The predicted molar refractivity (Wildman–Crippen MR) is 120 cm³/mol.